The first kappa shape index (κ1) is 12.9. The average molecular weight is 284 g/mol. The number of hydrogen-bond donors (Lipinski definition) is 2. The van der Waals surface area contributed by atoms with E-state index < -0.39 is 7.37 Å². The lowest BCUT2D eigenvalue weighted by molar-refractivity contribution is 0.475. The van der Waals surface area contributed by atoms with Crippen LogP contribution in [0.2, 0.25) is 0 Å². The molecule has 0 saturated carbocycles. The molecule has 3 aromatic rings. The number of rotatable bonds is 2. The predicted octanol–water partition coefficient (Wildman–Crippen LogP) is 2.77. The lowest BCUT2D eigenvalue weighted by atomic mass is 10.1. The molecule has 20 heavy (non-hydrogen) atoms. The van der Waals surface area contributed by atoms with Gasteiger partial charge in [0.15, 0.2) is 0 Å². The van der Waals surface area contributed by atoms with Gasteiger partial charge in [-0.05, 0) is 41.1 Å². The molecule has 3 nitrogen and oxygen atoms in total. The fourth-order valence-corrected chi connectivity index (χ4v) is 3.92. The number of hydrogen-bond acceptors (Lipinski definition) is 2. The summed E-state index contributed by atoms with van der Waals surface area (Å²) in [4.78, 5) is 10.5. The molecule has 0 spiro atoms. The molecule has 1 atom stereocenters. The molecule has 4 heteroatoms. The molecule has 3 aromatic carbocycles. The molecule has 0 aromatic heterocycles. The van der Waals surface area contributed by atoms with E-state index in [4.69, 9.17) is 0 Å². The molecule has 0 aliphatic rings. The highest BCUT2D eigenvalue weighted by molar-refractivity contribution is 7.74. The van der Waals surface area contributed by atoms with Crippen LogP contribution in [-0.4, -0.2) is 10.00 Å². The van der Waals surface area contributed by atoms with E-state index in [-0.39, 0.29) is 5.75 Å². The molecule has 0 fully saturated rings. The minimum Gasteiger partial charge on any atom is -0.508 e. The molecule has 3 rings (SSSR count). The number of benzene rings is 3. The maximum atomic E-state index is 12.8. The van der Waals surface area contributed by atoms with Crippen molar-refractivity contribution in [3.8, 4) is 5.75 Å². The standard InChI is InChI=1S/C16H13O3P/c17-13-8-10-14(11-9-13)20(18,19)16-7-3-5-12-4-1-2-6-15(12)16/h1-11,17H,(H,18,19). The maximum Gasteiger partial charge on any atom is 0.259 e. The van der Waals surface area contributed by atoms with E-state index in [0.29, 0.717) is 10.6 Å². The molecule has 1 unspecified atom stereocenters. The normalized spacial score (nSPS) is 14.1. The van der Waals surface area contributed by atoms with Crippen LogP contribution >= 0.6 is 7.37 Å². The van der Waals surface area contributed by atoms with Gasteiger partial charge in [-0.25, -0.2) is 0 Å². The van der Waals surface area contributed by atoms with Crippen LogP contribution in [0.25, 0.3) is 10.8 Å². The summed E-state index contributed by atoms with van der Waals surface area (Å²) in [6.45, 7) is 0. The van der Waals surface area contributed by atoms with E-state index in [1.807, 2.05) is 30.3 Å². The highest BCUT2D eigenvalue weighted by atomic mass is 31.2. The topological polar surface area (TPSA) is 57.5 Å². The van der Waals surface area contributed by atoms with Crippen LogP contribution in [0, 0.1) is 0 Å². The van der Waals surface area contributed by atoms with Gasteiger partial charge in [-0.15, -0.1) is 0 Å². The minimum atomic E-state index is -3.67. The predicted molar refractivity (Wildman–Crippen MR) is 81.1 cm³/mol. The molecule has 0 bridgehead atoms. The van der Waals surface area contributed by atoms with Gasteiger partial charge in [-0.3, -0.25) is 4.57 Å². The zero-order valence-corrected chi connectivity index (χ0v) is 11.5. The Labute approximate surface area is 116 Å². The summed E-state index contributed by atoms with van der Waals surface area (Å²) in [5.41, 5.74) is 0. The second kappa shape index (κ2) is 4.78. The van der Waals surface area contributed by atoms with Gasteiger partial charge < -0.3 is 10.00 Å². The summed E-state index contributed by atoms with van der Waals surface area (Å²) >= 11 is 0. The molecule has 0 saturated heterocycles. The Balaban J connectivity index is 2.23. The smallest absolute Gasteiger partial charge is 0.259 e. The molecule has 2 N–H and O–H groups in total. The summed E-state index contributed by atoms with van der Waals surface area (Å²) in [6, 6.07) is 18.7. The average Bonchev–Trinajstić information content (AvgIpc) is 2.47. The van der Waals surface area contributed by atoms with Gasteiger partial charge in [0.05, 0.1) is 0 Å². The Kier molecular flexibility index (Phi) is 3.09. The Bertz CT molecular complexity index is 804. The van der Waals surface area contributed by atoms with Crippen LogP contribution < -0.4 is 10.6 Å². The van der Waals surface area contributed by atoms with Crippen molar-refractivity contribution in [2.45, 2.75) is 0 Å². The van der Waals surface area contributed by atoms with Gasteiger partial charge in [0.1, 0.15) is 5.75 Å². The Hall–Kier alpha value is -2.09. The van der Waals surface area contributed by atoms with Crippen LogP contribution in [-0.2, 0) is 4.57 Å². The van der Waals surface area contributed by atoms with Crippen LogP contribution in [0.4, 0.5) is 0 Å². The fraction of sp³-hybridized carbons (Fsp3) is 0. The van der Waals surface area contributed by atoms with Crippen molar-refractivity contribution in [2.24, 2.45) is 0 Å². The van der Waals surface area contributed by atoms with Crippen molar-refractivity contribution in [1.82, 2.24) is 0 Å². The van der Waals surface area contributed by atoms with Crippen molar-refractivity contribution in [3.63, 3.8) is 0 Å². The summed E-state index contributed by atoms with van der Waals surface area (Å²) in [5.74, 6) is 0.0756. The van der Waals surface area contributed by atoms with Gasteiger partial charge in [0, 0.05) is 10.6 Å². The summed E-state index contributed by atoms with van der Waals surface area (Å²) in [7, 11) is -3.67. The lowest BCUT2D eigenvalue weighted by Gasteiger charge is -2.14. The second-order valence-electron chi connectivity index (χ2n) is 4.59. The summed E-state index contributed by atoms with van der Waals surface area (Å²) in [5, 5.41) is 11.7. The first-order valence-corrected chi connectivity index (χ1v) is 7.86. The number of fused-ring (bicyclic) bond motifs is 1. The van der Waals surface area contributed by atoms with E-state index in [9.17, 15) is 14.6 Å². The number of phenols is 1. The van der Waals surface area contributed by atoms with Gasteiger partial charge in [0.25, 0.3) is 7.37 Å². The molecular formula is C16H13O3P. The van der Waals surface area contributed by atoms with E-state index >= 15 is 0 Å². The molecular weight excluding hydrogens is 271 g/mol. The molecule has 0 heterocycles. The monoisotopic (exact) mass is 284 g/mol. The van der Waals surface area contributed by atoms with E-state index in [1.165, 1.54) is 24.3 Å². The van der Waals surface area contributed by atoms with Crippen LogP contribution in [0.3, 0.4) is 0 Å². The summed E-state index contributed by atoms with van der Waals surface area (Å²) < 4.78 is 12.8. The first-order valence-electron chi connectivity index (χ1n) is 6.20. The van der Waals surface area contributed by atoms with Gasteiger partial charge in [0.2, 0.25) is 0 Å². The largest absolute Gasteiger partial charge is 0.508 e. The third-order valence-corrected chi connectivity index (χ3v) is 5.33. The van der Waals surface area contributed by atoms with Crippen LogP contribution in [0.15, 0.2) is 66.7 Å². The van der Waals surface area contributed by atoms with Gasteiger partial charge in [-0.1, -0.05) is 36.4 Å². The third kappa shape index (κ3) is 2.11. The molecule has 0 radical (unpaired) electrons. The van der Waals surface area contributed by atoms with Crippen molar-refractivity contribution in [3.05, 3.63) is 66.7 Å². The quantitative estimate of drug-likeness (QED) is 0.711. The zero-order valence-electron chi connectivity index (χ0n) is 10.6. The Morgan fingerprint density at radius 2 is 1.45 bits per heavy atom. The SMILES string of the molecule is O=P(O)(c1ccc(O)cc1)c1cccc2ccccc12. The highest BCUT2D eigenvalue weighted by Gasteiger charge is 2.25. The number of phenolic OH excluding ortho intramolecular Hbond substituents is 1. The summed E-state index contributed by atoms with van der Waals surface area (Å²) in [6.07, 6.45) is 0. The molecule has 100 valence electrons. The molecule has 0 amide bonds. The minimum absolute atomic E-state index is 0.0756. The van der Waals surface area contributed by atoms with E-state index in [1.54, 1.807) is 12.1 Å². The van der Waals surface area contributed by atoms with E-state index in [0.717, 1.165) is 10.8 Å². The van der Waals surface area contributed by atoms with Gasteiger partial charge >= 0.3 is 0 Å². The van der Waals surface area contributed by atoms with Crippen molar-refractivity contribution >= 4 is 28.8 Å². The second-order valence-corrected chi connectivity index (χ2v) is 6.74. The maximum absolute atomic E-state index is 12.8. The molecule has 0 aliphatic heterocycles. The molecule has 0 aliphatic carbocycles. The van der Waals surface area contributed by atoms with Crippen molar-refractivity contribution in [2.75, 3.05) is 0 Å². The third-order valence-electron chi connectivity index (χ3n) is 3.29. The Morgan fingerprint density at radius 1 is 0.800 bits per heavy atom. The van der Waals surface area contributed by atoms with Crippen molar-refractivity contribution in [1.29, 1.82) is 0 Å². The first-order chi connectivity index (χ1) is 9.59. The van der Waals surface area contributed by atoms with Crippen LogP contribution in [0.1, 0.15) is 0 Å². The lowest BCUT2D eigenvalue weighted by Crippen LogP contribution is -2.16. The Morgan fingerprint density at radius 3 is 2.20 bits per heavy atom. The fourth-order valence-electron chi connectivity index (χ4n) is 2.27. The highest BCUT2D eigenvalue weighted by Crippen LogP contribution is 2.40. The van der Waals surface area contributed by atoms with Crippen molar-refractivity contribution < 1.29 is 14.6 Å². The number of aromatic hydroxyl groups is 1. The van der Waals surface area contributed by atoms with Gasteiger partial charge in [-0.2, -0.15) is 0 Å². The van der Waals surface area contributed by atoms with E-state index in [2.05, 4.69) is 0 Å². The van der Waals surface area contributed by atoms with Crippen LogP contribution in [0.5, 0.6) is 5.75 Å². The zero-order chi connectivity index (χ0) is 14.2.